The maximum atomic E-state index is 11.1. The summed E-state index contributed by atoms with van der Waals surface area (Å²) in [6, 6.07) is 0. The van der Waals surface area contributed by atoms with Gasteiger partial charge in [0.15, 0.2) is 0 Å². The highest BCUT2D eigenvalue weighted by Crippen LogP contribution is 2.06. The summed E-state index contributed by atoms with van der Waals surface area (Å²) in [5.41, 5.74) is -0.508. The van der Waals surface area contributed by atoms with Crippen molar-refractivity contribution in [3.05, 3.63) is 0 Å². The number of aliphatic hydroxyl groups is 1. The highest BCUT2D eigenvalue weighted by atomic mass is 16.6. The van der Waals surface area contributed by atoms with E-state index in [1.54, 1.807) is 20.8 Å². The molecule has 0 aromatic carbocycles. The van der Waals surface area contributed by atoms with Gasteiger partial charge in [0.05, 0.1) is 12.7 Å². The molecule has 0 rings (SSSR count). The molecule has 14 heavy (non-hydrogen) atoms. The number of alkyl carbamates (subject to hydrolysis) is 1. The van der Waals surface area contributed by atoms with Crippen LogP contribution in [0.1, 0.15) is 20.8 Å². The van der Waals surface area contributed by atoms with E-state index >= 15 is 0 Å². The third kappa shape index (κ3) is 6.68. The monoisotopic (exact) mass is 205 g/mol. The van der Waals surface area contributed by atoms with Gasteiger partial charge in [-0.2, -0.15) is 0 Å². The minimum Gasteiger partial charge on any atom is -0.444 e. The first-order valence-electron chi connectivity index (χ1n) is 4.49. The molecule has 0 aliphatic carbocycles. The van der Waals surface area contributed by atoms with Gasteiger partial charge in [-0.05, 0) is 20.8 Å². The Bertz CT molecular complexity index is 172. The number of nitrogens with one attached hydrogen (secondary N) is 1. The van der Waals surface area contributed by atoms with Crippen LogP contribution >= 0.6 is 0 Å². The molecule has 0 aliphatic heterocycles. The highest BCUT2D eigenvalue weighted by Gasteiger charge is 2.16. The highest BCUT2D eigenvalue weighted by molar-refractivity contribution is 5.67. The van der Waals surface area contributed by atoms with Gasteiger partial charge in [0.1, 0.15) is 5.60 Å². The number of amides is 1. The first kappa shape index (κ1) is 13.2. The Labute approximate surface area is 84.4 Å². The molecular weight excluding hydrogens is 186 g/mol. The first-order valence-corrected chi connectivity index (χ1v) is 4.49. The molecule has 0 saturated heterocycles. The van der Waals surface area contributed by atoms with E-state index < -0.39 is 11.7 Å². The maximum Gasteiger partial charge on any atom is 0.407 e. The van der Waals surface area contributed by atoms with Crippen molar-refractivity contribution in [3.8, 4) is 0 Å². The fourth-order valence-electron chi connectivity index (χ4n) is 0.734. The zero-order valence-electron chi connectivity index (χ0n) is 9.16. The molecule has 0 fully saturated rings. The van der Waals surface area contributed by atoms with Crippen molar-refractivity contribution in [1.29, 1.82) is 0 Å². The Balaban J connectivity index is 3.74. The van der Waals surface area contributed by atoms with E-state index in [9.17, 15) is 4.79 Å². The molecule has 0 spiro atoms. The number of hydrogen-bond donors (Lipinski definition) is 2. The molecule has 0 radical (unpaired) electrons. The minimum absolute atomic E-state index is 0.133. The number of carbonyl (C=O) groups excluding carboxylic acids is 1. The first-order chi connectivity index (χ1) is 6.39. The summed E-state index contributed by atoms with van der Waals surface area (Å²) in [5.74, 6) is 0. The summed E-state index contributed by atoms with van der Waals surface area (Å²) >= 11 is 0. The number of carbonyl (C=O) groups is 1. The third-order valence-electron chi connectivity index (χ3n) is 1.41. The van der Waals surface area contributed by atoms with Gasteiger partial charge in [-0.25, -0.2) is 4.79 Å². The molecule has 84 valence electrons. The molecule has 0 bridgehead atoms. The van der Waals surface area contributed by atoms with Crippen LogP contribution in [-0.4, -0.2) is 43.2 Å². The van der Waals surface area contributed by atoms with Crippen LogP contribution in [-0.2, 0) is 9.47 Å². The van der Waals surface area contributed by atoms with Crippen molar-refractivity contribution < 1.29 is 19.4 Å². The fraction of sp³-hybridized carbons (Fsp3) is 0.889. The summed E-state index contributed by atoms with van der Waals surface area (Å²) in [6.07, 6.45) is -0.893. The lowest BCUT2D eigenvalue weighted by Crippen LogP contribution is -2.38. The van der Waals surface area contributed by atoms with Gasteiger partial charge in [0.2, 0.25) is 0 Å². The lowest BCUT2D eigenvalue weighted by molar-refractivity contribution is 0.0329. The smallest absolute Gasteiger partial charge is 0.407 e. The number of rotatable bonds is 4. The van der Waals surface area contributed by atoms with Crippen LogP contribution in [0.4, 0.5) is 4.79 Å². The Morgan fingerprint density at radius 3 is 2.43 bits per heavy atom. The second kappa shape index (κ2) is 5.82. The molecule has 1 atom stereocenters. The zero-order chi connectivity index (χ0) is 11.2. The van der Waals surface area contributed by atoms with E-state index in [1.807, 2.05) is 0 Å². The summed E-state index contributed by atoms with van der Waals surface area (Å²) in [6.45, 7) is 5.46. The number of methoxy groups -OCH3 is 1. The van der Waals surface area contributed by atoms with Crippen LogP contribution in [0.3, 0.4) is 0 Å². The van der Waals surface area contributed by atoms with Crippen LogP contribution < -0.4 is 5.32 Å². The Kier molecular flexibility index (Phi) is 5.49. The number of aliphatic hydroxyl groups excluding tert-OH is 1. The second-order valence-corrected chi connectivity index (χ2v) is 3.92. The molecule has 0 aliphatic rings. The molecule has 5 nitrogen and oxygen atoms in total. The Hall–Kier alpha value is -0.810. The van der Waals surface area contributed by atoms with Crippen molar-refractivity contribution >= 4 is 6.09 Å². The molecule has 0 saturated carbocycles. The third-order valence-corrected chi connectivity index (χ3v) is 1.41. The average molecular weight is 205 g/mol. The van der Waals surface area contributed by atoms with E-state index in [0.717, 1.165) is 0 Å². The summed E-state index contributed by atoms with van der Waals surface area (Å²) in [5, 5.41) is 11.2. The van der Waals surface area contributed by atoms with Crippen LogP contribution in [0.5, 0.6) is 0 Å². The quantitative estimate of drug-likeness (QED) is 0.702. The second-order valence-electron chi connectivity index (χ2n) is 3.92. The van der Waals surface area contributed by atoms with Gasteiger partial charge in [-0.3, -0.25) is 0 Å². The van der Waals surface area contributed by atoms with Gasteiger partial charge >= 0.3 is 6.09 Å². The number of ether oxygens (including phenoxy) is 2. The fourth-order valence-corrected chi connectivity index (χ4v) is 0.734. The molecule has 0 heterocycles. The standard InChI is InChI=1S/C9H19NO4/c1-9(2,3)14-8(12)10-5-7(6-11)13-4/h7,11H,5-6H2,1-4H3,(H,10,12)/t7-/m0/s1. The molecule has 5 heteroatoms. The molecule has 0 aromatic rings. The van der Waals surface area contributed by atoms with Crippen LogP contribution in [0, 0.1) is 0 Å². The van der Waals surface area contributed by atoms with E-state index in [0.29, 0.717) is 0 Å². The SMILES string of the molecule is CO[C@H](CO)CNC(=O)OC(C)(C)C. The predicted molar refractivity (Wildman–Crippen MR) is 52.1 cm³/mol. The maximum absolute atomic E-state index is 11.1. The van der Waals surface area contributed by atoms with E-state index in [-0.39, 0.29) is 19.3 Å². The van der Waals surface area contributed by atoms with Crippen molar-refractivity contribution in [2.24, 2.45) is 0 Å². The van der Waals surface area contributed by atoms with Crippen LogP contribution in [0.2, 0.25) is 0 Å². The minimum atomic E-state index is -0.508. The van der Waals surface area contributed by atoms with Crippen LogP contribution in [0.15, 0.2) is 0 Å². The molecule has 2 N–H and O–H groups in total. The Morgan fingerprint density at radius 2 is 2.07 bits per heavy atom. The summed E-state index contributed by atoms with van der Waals surface area (Å²) < 4.78 is 9.85. The van der Waals surface area contributed by atoms with E-state index in [1.165, 1.54) is 7.11 Å². The summed E-state index contributed by atoms with van der Waals surface area (Å²) in [4.78, 5) is 11.1. The van der Waals surface area contributed by atoms with Crippen molar-refractivity contribution in [3.63, 3.8) is 0 Å². The van der Waals surface area contributed by atoms with E-state index in [4.69, 9.17) is 14.6 Å². The zero-order valence-corrected chi connectivity index (χ0v) is 9.16. The van der Waals surface area contributed by atoms with E-state index in [2.05, 4.69) is 5.32 Å². The summed E-state index contributed by atoms with van der Waals surface area (Å²) in [7, 11) is 1.47. The Morgan fingerprint density at radius 1 is 1.50 bits per heavy atom. The number of hydrogen-bond acceptors (Lipinski definition) is 4. The molecule has 1 amide bonds. The molecular formula is C9H19NO4. The topological polar surface area (TPSA) is 67.8 Å². The van der Waals surface area contributed by atoms with Gasteiger partial charge in [0, 0.05) is 13.7 Å². The van der Waals surface area contributed by atoms with Crippen molar-refractivity contribution in [2.75, 3.05) is 20.3 Å². The predicted octanol–water partition coefficient (Wildman–Crippen LogP) is 0.518. The van der Waals surface area contributed by atoms with Crippen molar-refractivity contribution in [2.45, 2.75) is 32.5 Å². The normalized spacial score (nSPS) is 13.5. The van der Waals surface area contributed by atoms with Crippen molar-refractivity contribution in [1.82, 2.24) is 5.32 Å². The molecule has 0 unspecified atom stereocenters. The lowest BCUT2D eigenvalue weighted by Gasteiger charge is -2.20. The lowest BCUT2D eigenvalue weighted by atomic mass is 10.2. The van der Waals surface area contributed by atoms with Gasteiger partial charge in [-0.1, -0.05) is 0 Å². The van der Waals surface area contributed by atoms with Gasteiger partial charge < -0.3 is 19.9 Å². The molecule has 0 aromatic heterocycles. The van der Waals surface area contributed by atoms with Crippen LogP contribution in [0.25, 0.3) is 0 Å². The largest absolute Gasteiger partial charge is 0.444 e. The van der Waals surface area contributed by atoms with Gasteiger partial charge in [-0.15, -0.1) is 0 Å². The average Bonchev–Trinajstić information content (AvgIpc) is 2.03. The van der Waals surface area contributed by atoms with Gasteiger partial charge in [0.25, 0.3) is 0 Å².